The van der Waals surface area contributed by atoms with Gasteiger partial charge in [0, 0.05) is 18.0 Å². The van der Waals surface area contributed by atoms with Crippen LogP contribution in [0, 0.1) is 0 Å². The van der Waals surface area contributed by atoms with Crippen molar-refractivity contribution in [3.63, 3.8) is 0 Å². The van der Waals surface area contributed by atoms with Crippen LogP contribution in [0.3, 0.4) is 0 Å². The first-order chi connectivity index (χ1) is 8.68. The van der Waals surface area contributed by atoms with Crippen molar-refractivity contribution < 1.29 is 9.59 Å². The molecular weight excluding hydrogens is 250 g/mol. The zero-order valence-electron chi connectivity index (χ0n) is 10.1. The number of likely N-dealkylation sites (tertiary alicyclic amines) is 1. The third kappa shape index (κ3) is 3.08. The van der Waals surface area contributed by atoms with Crippen LogP contribution < -0.4 is 11.1 Å². The van der Waals surface area contributed by atoms with Gasteiger partial charge in [0.05, 0.1) is 6.54 Å². The maximum Gasteiger partial charge on any atom is 0.242 e. The van der Waals surface area contributed by atoms with Gasteiger partial charge in [0.15, 0.2) is 0 Å². The lowest BCUT2D eigenvalue weighted by Crippen LogP contribution is -2.41. The highest BCUT2D eigenvalue weighted by molar-refractivity contribution is 7.10. The highest BCUT2D eigenvalue weighted by atomic mass is 32.1. The van der Waals surface area contributed by atoms with E-state index >= 15 is 0 Å². The van der Waals surface area contributed by atoms with E-state index < -0.39 is 6.04 Å². The van der Waals surface area contributed by atoms with E-state index in [4.69, 9.17) is 5.73 Å². The fourth-order valence-corrected chi connectivity index (χ4v) is 2.67. The predicted octanol–water partition coefficient (Wildman–Crippen LogP) is 0.486. The summed E-state index contributed by atoms with van der Waals surface area (Å²) in [4.78, 5) is 26.1. The molecular formula is C12H17N3O2S. The average Bonchev–Trinajstić information content (AvgIpc) is 3.05. The molecule has 6 heteroatoms. The largest absolute Gasteiger partial charge is 0.345 e. The molecule has 1 aliphatic rings. The normalized spacial score (nSPS) is 16.6. The second-order valence-corrected chi connectivity index (χ2v) is 5.28. The van der Waals surface area contributed by atoms with Crippen molar-refractivity contribution in [2.24, 2.45) is 5.73 Å². The van der Waals surface area contributed by atoms with Crippen molar-refractivity contribution in [3.8, 4) is 0 Å². The Labute approximate surface area is 110 Å². The van der Waals surface area contributed by atoms with Gasteiger partial charge >= 0.3 is 0 Å². The quantitative estimate of drug-likeness (QED) is 0.833. The molecule has 5 nitrogen and oxygen atoms in total. The number of carbonyl (C=O) groups excluding carboxylic acids is 2. The van der Waals surface area contributed by atoms with Crippen LogP contribution in [0.1, 0.15) is 23.8 Å². The van der Waals surface area contributed by atoms with E-state index in [1.165, 1.54) is 11.3 Å². The summed E-state index contributed by atoms with van der Waals surface area (Å²) in [6.45, 7) is 1.63. The predicted molar refractivity (Wildman–Crippen MR) is 70.1 cm³/mol. The van der Waals surface area contributed by atoms with Gasteiger partial charge in [-0.3, -0.25) is 9.59 Å². The van der Waals surface area contributed by atoms with Crippen LogP contribution >= 0.6 is 11.3 Å². The van der Waals surface area contributed by atoms with Gasteiger partial charge in [-0.2, -0.15) is 0 Å². The van der Waals surface area contributed by atoms with E-state index in [1.54, 1.807) is 4.90 Å². The van der Waals surface area contributed by atoms with Gasteiger partial charge in [0.25, 0.3) is 0 Å². The Morgan fingerprint density at radius 3 is 2.78 bits per heavy atom. The third-order valence-electron chi connectivity index (χ3n) is 3.00. The fraction of sp³-hybridized carbons (Fsp3) is 0.500. The highest BCUT2D eigenvalue weighted by Gasteiger charge is 2.21. The van der Waals surface area contributed by atoms with Crippen LogP contribution in [-0.2, 0) is 9.59 Å². The van der Waals surface area contributed by atoms with E-state index in [0.29, 0.717) is 0 Å². The summed E-state index contributed by atoms with van der Waals surface area (Å²) in [7, 11) is 0. The van der Waals surface area contributed by atoms with Crippen molar-refractivity contribution in [1.82, 2.24) is 10.2 Å². The first-order valence-corrected chi connectivity index (χ1v) is 6.91. The zero-order valence-corrected chi connectivity index (χ0v) is 10.9. The number of nitrogens with two attached hydrogens (primary N) is 1. The molecule has 18 heavy (non-hydrogen) atoms. The Bertz CT molecular complexity index is 413. The molecule has 3 N–H and O–H groups in total. The van der Waals surface area contributed by atoms with Crippen LogP contribution in [0.5, 0.6) is 0 Å². The summed E-state index contributed by atoms with van der Waals surface area (Å²) in [5.41, 5.74) is 5.80. The van der Waals surface area contributed by atoms with Gasteiger partial charge in [-0.25, -0.2) is 0 Å². The Hall–Kier alpha value is -1.40. The first kappa shape index (κ1) is 13.0. The molecule has 1 saturated heterocycles. The molecule has 2 rings (SSSR count). The number of amides is 2. The number of carbonyl (C=O) groups is 2. The van der Waals surface area contributed by atoms with Crippen molar-refractivity contribution in [2.75, 3.05) is 19.6 Å². The molecule has 1 aromatic heterocycles. The van der Waals surface area contributed by atoms with Crippen LogP contribution in [-0.4, -0.2) is 36.3 Å². The standard InChI is InChI=1S/C12H17N3O2S/c13-11(9-4-3-7-18-9)12(17)14-8-10(16)15-5-1-2-6-15/h3-4,7,11H,1-2,5-6,8,13H2,(H,14,17). The molecule has 2 heterocycles. The van der Waals surface area contributed by atoms with E-state index in [1.807, 2.05) is 17.5 Å². The summed E-state index contributed by atoms with van der Waals surface area (Å²) >= 11 is 1.44. The Balaban J connectivity index is 1.79. The maximum atomic E-state index is 11.8. The minimum Gasteiger partial charge on any atom is -0.345 e. The third-order valence-corrected chi connectivity index (χ3v) is 3.96. The topological polar surface area (TPSA) is 75.4 Å². The molecule has 0 aromatic carbocycles. The van der Waals surface area contributed by atoms with E-state index in [0.717, 1.165) is 30.8 Å². The highest BCUT2D eigenvalue weighted by Crippen LogP contribution is 2.16. The molecule has 1 fully saturated rings. The fourth-order valence-electron chi connectivity index (χ4n) is 1.95. The number of hydrogen-bond donors (Lipinski definition) is 2. The molecule has 1 aliphatic heterocycles. The lowest BCUT2D eigenvalue weighted by Gasteiger charge is -2.16. The second-order valence-electron chi connectivity index (χ2n) is 4.30. The lowest BCUT2D eigenvalue weighted by molar-refractivity contribution is -0.132. The number of thiophene rings is 1. The molecule has 0 radical (unpaired) electrons. The van der Waals surface area contributed by atoms with Gasteiger partial charge in [-0.15, -0.1) is 11.3 Å². The van der Waals surface area contributed by atoms with Crippen LogP contribution in [0.15, 0.2) is 17.5 Å². The van der Waals surface area contributed by atoms with E-state index in [2.05, 4.69) is 5.32 Å². The second kappa shape index (κ2) is 5.97. The van der Waals surface area contributed by atoms with Crippen molar-refractivity contribution in [1.29, 1.82) is 0 Å². The maximum absolute atomic E-state index is 11.8. The molecule has 1 aromatic rings. The van der Waals surface area contributed by atoms with Gasteiger partial charge in [0.2, 0.25) is 11.8 Å². The SMILES string of the molecule is NC(C(=O)NCC(=O)N1CCCC1)c1cccs1. The summed E-state index contributed by atoms with van der Waals surface area (Å²) < 4.78 is 0. The molecule has 0 bridgehead atoms. The summed E-state index contributed by atoms with van der Waals surface area (Å²) in [6, 6.07) is 2.98. The number of hydrogen-bond acceptors (Lipinski definition) is 4. The van der Waals surface area contributed by atoms with E-state index in [-0.39, 0.29) is 18.4 Å². The molecule has 0 saturated carbocycles. The van der Waals surface area contributed by atoms with Crippen LogP contribution in [0.25, 0.3) is 0 Å². The molecule has 0 spiro atoms. The minimum absolute atomic E-state index is 0.0285. The lowest BCUT2D eigenvalue weighted by atomic mass is 10.2. The number of nitrogens with zero attached hydrogens (tertiary/aromatic N) is 1. The molecule has 98 valence electrons. The average molecular weight is 267 g/mol. The van der Waals surface area contributed by atoms with Crippen LogP contribution in [0.2, 0.25) is 0 Å². The zero-order chi connectivity index (χ0) is 13.0. The summed E-state index contributed by atoms with van der Waals surface area (Å²) in [5, 5.41) is 4.47. The van der Waals surface area contributed by atoms with Gasteiger partial charge in [-0.05, 0) is 24.3 Å². The van der Waals surface area contributed by atoms with Gasteiger partial charge in [-0.1, -0.05) is 6.07 Å². The molecule has 2 amide bonds. The van der Waals surface area contributed by atoms with Gasteiger partial charge < -0.3 is 16.0 Å². The molecule has 1 atom stereocenters. The Morgan fingerprint density at radius 2 is 2.17 bits per heavy atom. The van der Waals surface area contributed by atoms with Crippen molar-refractivity contribution in [2.45, 2.75) is 18.9 Å². The molecule has 0 aliphatic carbocycles. The van der Waals surface area contributed by atoms with Crippen LogP contribution in [0.4, 0.5) is 0 Å². The smallest absolute Gasteiger partial charge is 0.242 e. The number of rotatable bonds is 4. The summed E-state index contributed by atoms with van der Waals surface area (Å²) in [6.07, 6.45) is 2.10. The van der Waals surface area contributed by atoms with Gasteiger partial charge in [0.1, 0.15) is 6.04 Å². The van der Waals surface area contributed by atoms with Crippen molar-refractivity contribution in [3.05, 3.63) is 22.4 Å². The van der Waals surface area contributed by atoms with Crippen molar-refractivity contribution >= 4 is 23.2 Å². The molecule has 1 unspecified atom stereocenters. The minimum atomic E-state index is -0.684. The summed E-state index contributed by atoms with van der Waals surface area (Å²) in [5.74, 6) is -0.329. The monoisotopic (exact) mass is 267 g/mol. The van der Waals surface area contributed by atoms with E-state index in [9.17, 15) is 9.59 Å². The Kier molecular flexibility index (Phi) is 4.33. The Morgan fingerprint density at radius 1 is 1.44 bits per heavy atom. The number of nitrogens with one attached hydrogen (secondary N) is 1. The first-order valence-electron chi connectivity index (χ1n) is 6.03.